The maximum atomic E-state index is 9.29. The Hall–Kier alpha value is -0.950. The van der Waals surface area contributed by atoms with Crippen molar-refractivity contribution in [3.05, 3.63) is 17.5 Å². The Bertz CT molecular complexity index is 238. The van der Waals surface area contributed by atoms with E-state index in [2.05, 4.69) is 10.2 Å². The number of rotatable bonds is 4. The number of aromatic amines is 1. The summed E-state index contributed by atoms with van der Waals surface area (Å²) in [4.78, 5) is 0. The third-order valence-electron chi connectivity index (χ3n) is 1.76. The van der Waals surface area contributed by atoms with Gasteiger partial charge in [0.2, 0.25) is 0 Å². The van der Waals surface area contributed by atoms with E-state index in [1.807, 2.05) is 0 Å². The number of H-pyrrole nitrogens is 1. The van der Waals surface area contributed by atoms with Crippen molar-refractivity contribution in [1.82, 2.24) is 10.2 Å². The summed E-state index contributed by atoms with van der Waals surface area (Å²) in [6, 6.07) is 1.55. The molecule has 1 aromatic heterocycles. The summed E-state index contributed by atoms with van der Waals surface area (Å²) < 4.78 is 0. The van der Waals surface area contributed by atoms with Gasteiger partial charge in [0.05, 0.1) is 11.4 Å². The molecule has 0 saturated carbocycles. The molecule has 0 fully saturated rings. The van der Waals surface area contributed by atoms with E-state index in [-0.39, 0.29) is 13.1 Å². The van der Waals surface area contributed by atoms with Crippen LogP contribution in [0.15, 0.2) is 6.07 Å². The van der Waals surface area contributed by atoms with Crippen LogP contribution in [0.3, 0.4) is 0 Å². The summed E-state index contributed by atoms with van der Waals surface area (Å²) in [5.41, 5.74) is 11.4. The van der Waals surface area contributed by atoms with Crippen molar-refractivity contribution in [2.45, 2.75) is 12.2 Å². The maximum Gasteiger partial charge on any atom is 0.110 e. The summed E-state index contributed by atoms with van der Waals surface area (Å²) in [5, 5.41) is 24.9. The molecule has 0 saturated heterocycles. The summed E-state index contributed by atoms with van der Waals surface area (Å²) in [6.07, 6.45) is -1.57. The molecule has 13 heavy (non-hydrogen) atoms. The Morgan fingerprint density at radius 2 is 1.92 bits per heavy atom. The Labute approximate surface area is 75.6 Å². The molecule has 6 nitrogen and oxygen atoms in total. The van der Waals surface area contributed by atoms with Gasteiger partial charge in [0.25, 0.3) is 0 Å². The van der Waals surface area contributed by atoms with E-state index in [1.165, 1.54) is 0 Å². The highest BCUT2D eigenvalue weighted by Crippen LogP contribution is 2.14. The topological polar surface area (TPSA) is 121 Å². The van der Waals surface area contributed by atoms with Crippen molar-refractivity contribution in [2.24, 2.45) is 11.5 Å². The third kappa shape index (κ3) is 2.25. The van der Waals surface area contributed by atoms with Crippen molar-refractivity contribution >= 4 is 0 Å². The summed E-state index contributed by atoms with van der Waals surface area (Å²) >= 11 is 0. The highest BCUT2D eigenvalue weighted by atomic mass is 16.3. The molecule has 1 aromatic rings. The quantitative estimate of drug-likeness (QED) is 0.387. The third-order valence-corrected chi connectivity index (χ3v) is 1.76. The molecular formula is C7H14N4O2. The predicted molar refractivity (Wildman–Crippen MR) is 46.6 cm³/mol. The molecule has 0 spiro atoms. The molecule has 0 aliphatic rings. The molecule has 0 amide bonds. The Morgan fingerprint density at radius 3 is 2.46 bits per heavy atom. The zero-order chi connectivity index (χ0) is 9.84. The van der Waals surface area contributed by atoms with Crippen LogP contribution in [0.5, 0.6) is 0 Å². The van der Waals surface area contributed by atoms with Crippen LogP contribution in [0.4, 0.5) is 0 Å². The molecule has 2 unspecified atom stereocenters. The van der Waals surface area contributed by atoms with Crippen LogP contribution in [-0.4, -0.2) is 33.5 Å². The molecule has 6 heteroatoms. The standard InChI is InChI=1S/C7H14N4O2/c8-2-6(12)4-1-5(11-10-4)7(13)3-9/h1,6-7,12-13H,2-3,8-9H2,(H,10,11). The number of nitrogens with zero attached hydrogens (tertiary/aromatic N) is 1. The van der Waals surface area contributed by atoms with Gasteiger partial charge in [-0.25, -0.2) is 0 Å². The van der Waals surface area contributed by atoms with Gasteiger partial charge < -0.3 is 21.7 Å². The normalized spacial score (nSPS) is 15.7. The van der Waals surface area contributed by atoms with E-state index >= 15 is 0 Å². The molecule has 0 aliphatic carbocycles. The number of hydrogen-bond donors (Lipinski definition) is 5. The number of hydrogen-bond acceptors (Lipinski definition) is 5. The van der Waals surface area contributed by atoms with Gasteiger partial charge >= 0.3 is 0 Å². The molecule has 1 heterocycles. The van der Waals surface area contributed by atoms with Crippen LogP contribution in [0, 0.1) is 0 Å². The van der Waals surface area contributed by atoms with E-state index < -0.39 is 12.2 Å². The molecule has 0 aromatic carbocycles. The SMILES string of the molecule is NCC(O)c1cc(C(O)CN)[nH]n1. The zero-order valence-corrected chi connectivity index (χ0v) is 7.14. The highest BCUT2D eigenvalue weighted by molar-refractivity contribution is 5.13. The number of aliphatic hydroxyl groups is 2. The van der Waals surface area contributed by atoms with Crippen molar-refractivity contribution in [3.8, 4) is 0 Å². The van der Waals surface area contributed by atoms with Crippen molar-refractivity contribution in [2.75, 3.05) is 13.1 Å². The first-order chi connectivity index (χ1) is 6.19. The van der Waals surface area contributed by atoms with Gasteiger partial charge in [-0.05, 0) is 6.07 Å². The first-order valence-corrected chi connectivity index (χ1v) is 4.00. The van der Waals surface area contributed by atoms with Gasteiger partial charge in [-0.1, -0.05) is 0 Å². The second-order valence-electron chi connectivity index (χ2n) is 2.75. The fourth-order valence-corrected chi connectivity index (χ4v) is 0.942. The fraction of sp³-hybridized carbons (Fsp3) is 0.571. The first kappa shape index (κ1) is 10.1. The summed E-state index contributed by atoms with van der Waals surface area (Å²) in [7, 11) is 0. The van der Waals surface area contributed by atoms with Gasteiger partial charge in [-0.2, -0.15) is 5.10 Å². The average Bonchev–Trinajstić information content (AvgIpc) is 2.64. The van der Waals surface area contributed by atoms with E-state index in [0.717, 1.165) is 0 Å². The van der Waals surface area contributed by atoms with E-state index in [4.69, 9.17) is 11.5 Å². The van der Waals surface area contributed by atoms with Gasteiger partial charge in [-0.15, -0.1) is 0 Å². The molecule has 0 radical (unpaired) electrons. The van der Waals surface area contributed by atoms with Crippen LogP contribution in [-0.2, 0) is 0 Å². The molecule has 0 aliphatic heterocycles. The van der Waals surface area contributed by atoms with Crippen LogP contribution in [0.1, 0.15) is 23.6 Å². The lowest BCUT2D eigenvalue weighted by Gasteiger charge is -2.03. The zero-order valence-electron chi connectivity index (χ0n) is 7.14. The molecular weight excluding hydrogens is 172 g/mol. The first-order valence-electron chi connectivity index (χ1n) is 4.00. The largest absolute Gasteiger partial charge is 0.385 e. The number of nitrogens with one attached hydrogen (secondary N) is 1. The lowest BCUT2D eigenvalue weighted by molar-refractivity contribution is 0.180. The van der Waals surface area contributed by atoms with Gasteiger partial charge in [0.1, 0.15) is 12.2 Å². The van der Waals surface area contributed by atoms with Crippen molar-refractivity contribution in [3.63, 3.8) is 0 Å². The molecule has 2 atom stereocenters. The second kappa shape index (κ2) is 4.33. The molecule has 7 N–H and O–H groups in total. The minimum atomic E-state index is -0.796. The van der Waals surface area contributed by atoms with Crippen LogP contribution in [0.25, 0.3) is 0 Å². The van der Waals surface area contributed by atoms with Gasteiger partial charge in [-0.3, -0.25) is 5.10 Å². The molecule has 1 rings (SSSR count). The van der Waals surface area contributed by atoms with E-state index in [9.17, 15) is 10.2 Å². The van der Waals surface area contributed by atoms with Gasteiger partial charge in [0.15, 0.2) is 0 Å². The highest BCUT2D eigenvalue weighted by Gasteiger charge is 2.13. The minimum Gasteiger partial charge on any atom is -0.385 e. The van der Waals surface area contributed by atoms with E-state index in [0.29, 0.717) is 11.4 Å². The number of aliphatic hydroxyl groups excluding tert-OH is 2. The monoisotopic (exact) mass is 186 g/mol. The average molecular weight is 186 g/mol. The summed E-state index contributed by atoms with van der Waals surface area (Å²) in [5.74, 6) is 0. The number of aromatic nitrogens is 2. The number of nitrogens with two attached hydrogens (primary N) is 2. The van der Waals surface area contributed by atoms with Crippen LogP contribution < -0.4 is 11.5 Å². The minimum absolute atomic E-state index is 0.100. The Kier molecular flexibility index (Phi) is 3.38. The Balaban J connectivity index is 2.74. The summed E-state index contributed by atoms with van der Waals surface area (Å²) in [6.45, 7) is 0.212. The maximum absolute atomic E-state index is 9.29. The second-order valence-corrected chi connectivity index (χ2v) is 2.75. The fourth-order valence-electron chi connectivity index (χ4n) is 0.942. The van der Waals surface area contributed by atoms with Crippen molar-refractivity contribution < 1.29 is 10.2 Å². The Morgan fingerprint density at radius 1 is 1.31 bits per heavy atom. The van der Waals surface area contributed by atoms with Crippen LogP contribution >= 0.6 is 0 Å². The smallest absolute Gasteiger partial charge is 0.110 e. The molecule has 74 valence electrons. The van der Waals surface area contributed by atoms with Crippen molar-refractivity contribution in [1.29, 1.82) is 0 Å². The lowest BCUT2D eigenvalue weighted by atomic mass is 10.2. The predicted octanol–water partition coefficient (Wildman–Crippen LogP) is -1.61. The molecule has 0 bridgehead atoms. The van der Waals surface area contributed by atoms with Crippen LogP contribution in [0.2, 0.25) is 0 Å². The van der Waals surface area contributed by atoms with Gasteiger partial charge in [0, 0.05) is 13.1 Å². The van der Waals surface area contributed by atoms with E-state index in [1.54, 1.807) is 6.07 Å². The lowest BCUT2D eigenvalue weighted by Crippen LogP contribution is -2.12.